The van der Waals surface area contributed by atoms with E-state index in [4.69, 9.17) is 0 Å². The summed E-state index contributed by atoms with van der Waals surface area (Å²) in [6.07, 6.45) is -0.244. The molecule has 0 saturated carbocycles. The van der Waals surface area contributed by atoms with Crippen LogP contribution in [0.5, 0.6) is 0 Å². The van der Waals surface area contributed by atoms with E-state index in [2.05, 4.69) is 23.5 Å². The Morgan fingerprint density at radius 1 is 1.67 bits per heavy atom. The fourth-order valence-corrected chi connectivity index (χ4v) is 0.562. The van der Waals surface area contributed by atoms with Crippen molar-refractivity contribution in [1.29, 1.82) is 0 Å². The van der Waals surface area contributed by atoms with E-state index in [1.807, 2.05) is 0 Å². The topological polar surface area (TPSA) is 26.3 Å². The summed E-state index contributed by atoms with van der Waals surface area (Å²) in [5.41, 5.74) is -1.52. The van der Waals surface area contributed by atoms with Gasteiger partial charge in [-0.3, -0.25) is 4.79 Å². The number of carbonyl (C=O) groups is 1. The Hall–Kier alpha value is -1.04. The van der Waals surface area contributed by atoms with Crippen LogP contribution >= 0.6 is 0 Å². The van der Waals surface area contributed by atoms with E-state index >= 15 is 0 Å². The molecule has 0 aromatic rings. The lowest BCUT2D eigenvalue weighted by molar-refractivity contribution is -0.144. The van der Waals surface area contributed by atoms with E-state index in [1.165, 1.54) is 13.8 Å². The lowest BCUT2D eigenvalue weighted by atomic mass is 10.1. The van der Waals surface area contributed by atoms with Crippen molar-refractivity contribution >= 4 is 5.97 Å². The summed E-state index contributed by atoms with van der Waals surface area (Å²) in [4.78, 5) is 10.8. The fraction of sp³-hybridized carbons (Fsp3) is 0.556. The lowest BCUT2D eigenvalue weighted by Gasteiger charge is -2.11. The minimum Gasteiger partial charge on any atom is -0.452 e. The van der Waals surface area contributed by atoms with Crippen LogP contribution in [0.3, 0.4) is 0 Å². The SMILES string of the molecule is [CH2]C#CCOC(=O)CC(C)(C)F. The van der Waals surface area contributed by atoms with Gasteiger partial charge >= 0.3 is 5.97 Å². The van der Waals surface area contributed by atoms with Gasteiger partial charge < -0.3 is 4.74 Å². The van der Waals surface area contributed by atoms with E-state index in [0.717, 1.165) is 0 Å². The van der Waals surface area contributed by atoms with Gasteiger partial charge in [0.15, 0.2) is 6.61 Å². The number of hydrogen-bond acceptors (Lipinski definition) is 2. The second kappa shape index (κ2) is 4.76. The number of ether oxygens (including phenoxy) is 1. The summed E-state index contributed by atoms with van der Waals surface area (Å²) in [5.74, 6) is 4.17. The van der Waals surface area contributed by atoms with Crippen molar-refractivity contribution in [2.24, 2.45) is 0 Å². The molecule has 0 fully saturated rings. The summed E-state index contributed by atoms with van der Waals surface area (Å²) < 4.78 is 17.4. The Morgan fingerprint density at radius 2 is 2.25 bits per heavy atom. The Balaban J connectivity index is 3.66. The largest absolute Gasteiger partial charge is 0.452 e. The van der Waals surface area contributed by atoms with E-state index in [-0.39, 0.29) is 13.0 Å². The molecule has 0 aliphatic carbocycles. The second-order valence-corrected chi connectivity index (χ2v) is 2.91. The lowest BCUT2D eigenvalue weighted by Crippen LogP contribution is -2.19. The second-order valence-electron chi connectivity index (χ2n) is 2.91. The maximum atomic E-state index is 12.8. The van der Waals surface area contributed by atoms with E-state index in [1.54, 1.807) is 0 Å². The number of rotatable bonds is 3. The summed E-state index contributed by atoms with van der Waals surface area (Å²) in [7, 11) is 0. The van der Waals surface area contributed by atoms with Gasteiger partial charge in [0, 0.05) is 6.92 Å². The van der Waals surface area contributed by atoms with Gasteiger partial charge in [0.05, 0.1) is 6.42 Å². The number of alkyl halides is 1. The molecular weight excluding hydrogens is 159 g/mol. The molecule has 0 aromatic carbocycles. The molecule has 0 atom stereocenters. The first-order valence-corrected chi connectivity index (χ1v) is 3.55. The van der Waals surface area contributed by atoms with Gasteiger partial charge in [-0.05, 0) is 13.8 Å². The molecular formula is C9H12FO2. The molecule has 1 radical (unpaired) electrons. The standard InChI is InChI=1S/C9H12FO2/c1-4-5-6-12-8(11)7-9(2,3)10/h1,6-7H2,2-3H3. The van der Waals surface area contributed by atoms with Gasteiger partial charge in [-0.15, -0.1) is 0 Å². The van der Waals surface area contributed by atoms with Crippen LogP contribution in [0.2, 0.25) is 0 Å². The molecule has 0 heterocycles. The van der Waals surface area contributed by atoms with Gasteiger partial charge in [-0.25, -0.2) is 4.39 Å². The monoisotopic (exact) mass is 171 g/mol. The predicted molar refractivity (Wildman–Crippen MR) is 43.9 cm³/mol. The van der Waals surface area contributed by atoms with Crippen LogP contribution in [0.4, 0.5) is 4.39 Å². The highest BCUT2D eigenvalue weighted by Crippen LogP contribution is 2.13. The Labute approximate surface area is 72.1 Å². The third-order valence-electron chi connectivity index (χ3n) is 0.995. The van der Waals surface area contributed by atoms with Crippen molar-refractivity contribution in [2.45, 2.75) is 25.9 Å². The Bertz CT molecular complexity index is 205. The van der Waals surface area contributed by atoms with Crippen LogP contribution in [-0.2, 0) is 9.53 Å². The predicted octanol–water partition coefficient (Wildman–Crippen LogP) is 1.51. The van der Waals surface area contributed by atoms with Crippen LogP contribution in [0.1, 0.15) is 20.3 Å². The first-order chi connectivity index (χ1) is 5.45. The number of esters is 1. The smallest absolute Gasteiger partial charge is 0.309 e. The molecule has 0 unspecified atom stereocenters. The summed E-state index contributed by atoms with van der Waals surface area (Å²) in [5, 5.41) is 0. The summed E-state index contributed by atoms with van der Waals surface area (Å²) in [6.45, 7) is 5.86. The van der Waals surface area contributed by atoms with Crippen molar-refractivity contribution in [1.82, 2.24) is 0 Å². The number of carbonyl (C=O) groups excluding carboxylic acids is 1. The maximum Gasteiger partial charge on any atom is 0.309 e. The first-order valence-electron chi connectivity index (χ1n) is 3.55. The van der Waals surface area contributed by atoms with Gasteiger partial charge in [-0.1, -0.05) is 11.8 Å². The normalized spacial score (nSPS) is 10.0. The van der Waals surface area contributed by atoms with Gasteiger partial charge in [0.2, 0.25) is 0 Å². The van der Waals surface area contributed by atoms with E-state index in [0.29, 0.717) is 0 Å². The molecule has 2 nitrogen and oxygen atoms in total. The zero-order valence-corrected chi connectivity index (χ0v) is 7.32. The molecule has 0 rings (SSSR count). The number of hydrogen-bond donors (Lipinski definition) is 0. The van der Waals surface area contributed by atoms with Crippen molar-refractivity contribution in [2.75, 3.05) is 6.61 Å². The van der Waals surface area contributed by atoms with Crippen LogP contribution in [0, 0.1) is 18.8 Å². The van der Waals surface area contributed by atoms with E-state index in [9.17, 15) is 9.18 Å². The fourth-order valence-electron chi connectivity index (χ4n) is 0.562. The third kappa shape index (κ3) is 7.07. The van der Waals surface area contributed by atoms with Gasteiger partial charge in [0.25, 0.3) is 0 Å². The third-order valence-corrected chi connectivity index (χ3v) is 0.995. The Morgan fingerprint density at radius 3 is 2.67 bits per heavy atom. The van der Waals surface area contributed by atoms with Crippen LogP contribution in [0.15, 0.2) is 0 Å². The molecule has 0 N–H and O–H groups in total. The van der Waals surface area contributed by atoms with Gasteiger partial charge in [0.1, 0.15) is 5.67 Å². The van der Waals surface area contributed by atoms with Crippen LogP contribution < -0.4 is 0 Å². The highest BCUT2D eigenvalue weighted by molar-refractivity contribution is 5.70. The molecule has 0 aliphatic rings. The van der Waals surface area contributed by atoms with E-state index < -0.39 is 11.6 Å². The van der Waals surface area contributed by atoms with Crippen molar-refractivity contribution in [3.63, 3.8) is 0 Å². The zero-order chi connectivity index (χ0) is 9.61. The molecule has 0 aromatic heterocycles. The zero-order valence-electron chi connectivity index (χ0n) is 7.32. The molecule has 0 saturated heterocycles. The average molecular weight is 171 g/mol. The van der Waals surface area contributed by atoms with Gasteiger partial charge in [-0.2, -0.15) is 0 Å². The summed E-state index contributed by atoms with van der Waals surface area (Å²) in [6, 6.07) is 0. The minimum atomic E-state index is -1.52. The molecule has 12 heavy (non-hydrogen) atoms. The van der Waals surface area contributed by atoms with Crippen molar-refractivity contribution < 1.29 is 13.9 Å². The summed E-state index contributed by atoms with van der Waals surface area (Å²) >= 11 is 0. The first kappa shape index (κ1) is 11.0. The maximum absolute atomic E-state index is 12.8. The quantitative estimate of drug-likeness (QED) is 0.475. The highest BCUT2D eigenvalue weighted by Gasteiger charge is 2.21. The Kier molecular flexibility index (Phi) is 4.35. The molecule has 0 spiro atoms. The van der Waals surface area contributed by atoms with Crippen molar-refractivity contribution in [3.05, 3.63) is 6.92 Å². The molecule has 0 amide bonds. The van der Waals surface area contributed by atoms with Crippen LogP contribution in [0.25, 0.3) is 0 Å². The van der Waals surface area contributed by atoms with Crippen molar-refractivity contribution in [3.8, 4) is 11.8 Å². The number of halogens is 1. The van der Waals surface area contributed by atoms with Crippen LogP contribution in [-0.4, -0.2) is 18.2 Å². The average Bonchev–Trinajstić information content (AvgIpc) is 1.84. The minimum absolute atomic E-state index is 0.0155. The molecule has 0 bridgehead atoms. The highest BCUT2D eigenvalue weighted by atomic mass is 19.1. The molecule has 67 valence electrons. The molecule has 0 aliphatic heterocycles. The molecule has 3 heteroatoms.